The molecule has 5 fully saturated rings. The van der Waals surface area contributed by atoms with Crippen LogP contribution in [0.25, 0.3) is 0 Å². The van der Waals surface area contributed by atoms with Gasteiger partial charge >= 0.3 is 11.9 Å². The van der Waals surface area contributed by atoms with Gasteiger partial charge in [-0.3, -0.25) is 39.0 Å². The number of ether oxygens (including phenoxy) is 4. The maximum atomic E-state index is 14.4. The summed E-state index contributed by atoms with van der Waals surface area (Å²) < 4.78 is 24.5. The largest absolute Gasteiger partial charge is 0.462 e. The molecule has 2 unspecified atom stereocenters. The lowest BCUT2D eigenvalue weighted by Crippen LogP contribution is -2.65. The molecule has 4 saturated carbocycles. The molecule has 7 aliphatic rings. The number of allylic oxidation sites excluding steroid dienone is 2. The van der Waals surface area contributed by atoms with Crippen molar-refractivity contribution in [3.63, 3.8) is 0 Å². The molecule has 3 heterocycles. The number of anilines is 1. The first-order chi connectivity index (χ1) is 34.3. The van der Waals surface area contributed by atoms with Crippen molar-refractivity contribution in [3.05, 3.63) is 52.9 Å². The summed E-state index contributed by atoms with van der Waals surface area (Å²) in [6.07, 6.45) is 13.0. The van der Waals surface area contributed by atoms with Crippen molar-refractivity contribution < 1.29 is 52.8 Å². The second-order valence-electron chi connectivity index (χ2n) is 23.5. The zero-order chi connectivity index (χ0) is 51.4. The van der Waals surface area contributed by atoms with E-state index in [0.717, 1.165) is 62.7 Å². The van der Waals surface area contributed by atoms with Crippen LogP contribution in [0.3, 0.4) is 0 Å². The van der Waals surface area contributed by atoms with Gasteiger partial charge in [0.25, 0.3) is 11.8 Å². The van der Waals surface area contributed by atoms with Gasteiger partial charge in [-0.25, -0.2) is 4.68 Å². The molecule has 0 spiro atoms. The summed E-state index contributed by atoms with van der Waals surface area (Å²) in [5.41, 5.74) is 2.39. The van der Waals surface area contributed by atoms with E-state index in [1.807, 2.05) is 0 Å². The molecule has 4 amide bonds. The molecule has 11 atom stereocenters. The number of hydrogen-bond donors (Lipinski definition) is 3. The van der Waals surface area contributed by atoms with Crippen LogP contribution in [0.2, 0.25) is 0 Å². The number of nitrogens with one attached hydrogen (secondary N) is 2. The van der Waals surface area contributed by atoms with Crippen LogP contribution in [0.1, 0.15) is 152 Å². The van der Waals surface area contributed by atoms with Gasteiger partial charge in [-0.05, 0) is 128 Å². The average molecular weight is 997 g/mol. The van der Waals surface area contributed by atoms with Crippen molar-refractivity contribution in [1.29, 1.82) is 0 Å². The number of aliphatic hydroxyl groups excluding tert-OH is 1. The molecule has 72 heavy (non-hydrogen) atoms. The molecule has 2 aliphatic heterocycles. The van der Waals surface area contributed by atoms with Gasteiger partial charge in [0.2, 0.25) is 11.8 Å². The van der Waals surface area contributed by atoms with Crippen molar-refractivity contribution >= 4 is 41.3 Å². The van der Waals surface area contributed by atoms with E-state index in [2.05, 4.69) is 75.5 Å². The molecule has 17 nitrogen and oxygen atoms in total. The van der Waals surface area contributed by atoms with Crippen LogP contribution in [0, 0.1) is 56.7 Å². The van der Waals surface area contributed by atoms with Gasteiger partial charge in [-0.15, -0.1) is 5.10 Å². The topological polar surface area (TPSA) is 218 Å². The predicted molar refractivity (Wildman–Crippen MR) is 264 cm³/mol. The number of carbonyl (C=O) groups is 6. The summed E-state index contributed by atoms with van der Waals surface area (Å²) in [6, 6.07) is 3.81. The standard InChI is InChI=1S/C55H76N6O11/c1-33-15-21-55(23-22-53(6)37(46(55)34(33)2)11-13-41-52(5)19-17-42(62)51(3,4)40(52)16-20-54(41,53)7)50(68)72-30-29-71-44(64)18-25-69-27-28-70-26-24-60-32-35(58-59-60)31-56-38-10-8-9-36-45(38)49(67)61(48(36)66)39-12-14-43(63)57-47(39)65/h8-11,32-34,39-42,46,56,62H,12-31H2,1-7H3,(H,57,63,65)/t33-,34+,39?,40?,41-,42+,46+,52+,53-,54-,55+/m1/s1. The fourth-order valence-corrected chi connectivity index (χ4v) is 15.3. The zero-order valence-corrected chi connectivity index (χ0v) is 43.4. The Morgan fingerprint density at radius 1 is 0.847 bits per heavy atom. The van der Waals surface area contributed by atoms with Crippen LogP contribution >= 0.6 is 0 Å². The number of aromatic nitrogens is 3. The highest BCUT2D eigenvalue weighted by atomic mass is 16.6. The van der Waals surface area contributed by atoms with E-state index < -0.39 is 41.1 Å². The number of amides is 4. The minimum Gasteiger partial charge on any atom is -0.462 e. The summed E-state index contributed by atoms with van der Waals surface area (Å²) >= 11 is 0. The molecule has 0 bridgehead atoms. The van der Waals surface area contributed by atoms with E-state index in [0.29, 0.717) is 54.8 Å². The maximum absolute atomic E-state index is 14.4. The molecule has 5 aliphatic carbocycles. The van der Waals surface area contributed by atoms with Gasteiger partial charge in [-0.1, -0.05) is 71.4 Å². The first-order valence-corrected chi connectivity index (χ1v) is 26.6. The number of imide groups is 2. The third-order valence-electron chi connectivity index (χ3n) is 19.8. The SMILES string of the molecule is C[C@H]1[C@H](C)CC[C@]2(C(=O)OCCOC(=O)CCOCCOCCn3cc(CNc4cccc5c4C(=O)N(C4CCC(=O)NC4=O)C5=O)nn3)CC[C@]3(C)C(=CC[C@@H]4[C@@]5(C)CC[C@H](O)C(C)(C)C5CC[C@]43C)[C@H]12. The summed E-state index contributed by atoms with van der Waals surface area (Å²) in [5.74, 6) is -0.877. The Balaban J connectivity index is 0.678. The minimum absolute atomic E-state index is 0.00839. The molecule has 0 radical (unpaired) electrons. The van der Waals surface area contributed by atoms with E-state index in [1.54, 1.807) is 23.0 Å². The van der Waals surface area contributed by atoms with Crippen molar-refractivity contribution in [1.82, 2.24) is 25.2 Å². The van der Waals surface area contributed by atoms with Crippen molar-refractivity contribution in [2.45, 2.75) is 151 Å². The first-order valence-electron chi connectivity index (χ1n) is 26.6. The number of nitrogens with zero attached hydrogens (tertiary/aromatic N) is 4. The summed E-state index contributed by atoms with van der Waals surface area (Å²) in [5, 5.41) is 24.8. The number of aliphatic hydroxyl groups is 1. The van der Waals surface area contributed by atoms with Gasteiger partial charge in [0.1, 0.15) is 24.9 Å². The quantitative estimate of drug-likeness (QED) is 0.0642. The average Bonchev–Trinajstić information content (AvgIpc) is 3.91. The monoisotopic (exact) mass is 997 g/mol. The van der Waals surface area contributed by atoms with Gasteiger partial charge in [0, 0.05) is 12.1 Å². The molecule has 392 valence electrons. The Morgan fingerprint density at radius 2 is 1.61 bits per heavy atom. The van der Waals surface area contributed by atoms with Gasteiger partial charge in [0.15, 0.2) is 0 Å². The van der Waals surface area contributed by atoms with Crippen molar-refractivity contribution in [2.75, 3.05) is 45.0 Å². The molecule has 9 rings (SSSR count). The minimum atomic E-state index is -1.05. The van der Waals surface area contributed by atoms with Gasteiger partial charge in [0.05, 0.1) is 74.8 Å². The van der Waals surface area contributed by atoms with Crippen LogP contribution in [-0.2, 0) is 51.2 Å². The second-order valence-corrected chi connectivity index (χ2v) is 23.5. The molecule has 17 heteroatoms. The van der Waals surface area contributed by atoms with Crippen LogP contribution in [-0.4, -0.2) is 112 Å². The lowest BCUT2D eigenvalue weighted by Gasteiger charge is -2.71. The third-order valence-corrected chi connectivity index (χ3v) is 19.8. The smallest absolute Gasteiger partial charge is 0.312 e. The Kier molecular flexibility index (Phi) is 14.4. The maximum Gasteiger partial charge on any atom is 0.312 e. The van der Waals surface area contributed by atoms with Crippen LogP contribution in [0.15, 0.2) is 36.0 Å². The van der Waals surface area contributed by atoms with E-state index >= 15 is 0 Å². The molecule has 3 N–H and O–H groups in total. The summed E-state index contributed by atoms with van der Waals surface area (Å²) in [6.45, 7) is 18.6. The Hall–Kier alpha value is -5.00. The number of benzene rings is 1. The second kappa shape index (κ2) is 20.0. The van der Waals surface area contributed by atoms with Gasteiger partial charge < -0.3 is 29.4 Å². The molecular formula is C55H76N6O11. The number of esters is 2. The van der Waals surface area contributed by atoms with Crippen LogP contribution < -0.4 is 10.6 Å². The number of hydrogen-bond acceptors (Lipinski definition) is 14. The molecule has 1 aromatic heterocycles. The molecular weight excluding hydrogens is 921 g/mol. The molecule has 2 aromatic rings. The van der Waals surface area contributed by atoms with E-state index in [-0.39, 0.29) is 103 Å². The van der Waals surface area contributed by atoms with Crippen LogP contribution in [0.5, 0.6) is 0 Å². The summed E-state index contributed by atoms with van der Waals surface area (Å²) in [7, 11) is 0. The van der Waals surface area contributed by atoms with Crippen molar-refractivity contribution in [3.8, 4) is 0 Å². The Labute approximate surface area is 423 Å². The van der Waals surface area contributed by atoms with E-state index in [1.165, 1.54) is 11.6 Å². The number of rotatable bonds is 17. The lowest BCUT2D eigenvalue weighted by molar-refractivity contribution is -0.207. The third kappa shape index (κ3) is 8.90. The normalized spacial score (nSPS) is 34.7. The first kappa shape index (κ1) is 51.9. The number of fused-ring (bicyclic) bond motifs is 8. The Morgan fingerprint density at radius 3 is 2.39 bits per heavy atom. The lowest BCUT2D eigenvalue weighted by atomic mass is 9.33. The highest BCUT2D eigenvalue weighted by molar-refractivity contribution is 6.25. The molecule has 1 aromatic carbocycles. The fourth-order valence-electron chi connectivity index (χ4n) is 15.3. The van der Waals surface area contributed by atoms with Crippen LogP contribution in [0.4, 0.5) is 5.69 Å². The number of piperidine rings is 1. The highest BCUT2D eigenvalue weighted by Gasteiger charge is 2.69. The highest BCUT2D eigenvalue weighted by Crippen LogP contribution is 2.76. The van der Waals surface area contributed by atoms with Gasteiger partial charge in [-0.2, -0.15) is 0 Å². The van der Waals surface area contributed by atoms with Crippen molar-refractivity contribution in [2.24, 2.45) is 56.7 Å². The van der Waals surface area contributed by atoms with E-state index in [9.17, 15) is 33.9 Å². The zero-order valence-electron chi connectivity index (χ0n) is 43.4. The Bertz CT molecular complexity index is 2490. The number of carbonyl (C=O) groups excluding carboxylic acids is 6. The fraction of sp³-hybridized carbons (Fsp3) is 0.709. The van der Waals surface area contributed by atoms with E-state index in [4.69, 9.17) is 18.9 Å². The predicted octanol–water partition coefficient (Wildman–Crippen LogP) is 6.82. The summed E-state index contributed by atoms with van der Waals surface area (Å²) in [4.78, 5) is 78.6. The molecule has 1 saturated heterocycles.